The first-order valence-corrected chi connectivity index (χ1v) is 9.56. The minimum Gasteiger partial charge on any atom is -0.369 e. The van der Waals surface area contributed by atoms with Gasteiger partial charge in [-0.25, -0.2) is 4.68 Å². The molecule has 0 aliphatic rings. The lowest BCUT2D eigenvalue weighted by molar-refractivity contribution is -0.117. The number of carbonyl (C=O) groups is 2. The van der Waals surface area contributed by atoms with Crippen molar-refractivity contribution < 1.29 is 9.59 Å². The molecule has 28 heavy (non-hydrogen) atoms. The number of carbonyl (C=O) groups excluding carboxylic acids is 2. The minimum atomic E-state index is -0.442. The summed E-state index contributed by atoms with van der Waals surface area (Å²) >= 11 is 1.38. The lowest BCUT2D eigenvalue weighted by Gasteiger charge is -2.09. The van der Waals surface area contributed by atoms with Gasteiger partial charge in [0.25, 0.3) is 5.91 Å². The van der Waals surface area contributed by atoms with E-state index in [4.69, 9.17) is 5.73 Å². The summed E-state index contributed by atoms with van der Waals surface area (Å²) in [6, 6.07) is 18.8. The highest BCUT2D eigenvalue weighted by atomic mass is 32.1. The van der Waals surface area contributed by atoms with Gasteiger partial charge in [-0.3, -0.25) is 9.59 Å². The Balaban J connectivity index is 1.67. The number of hydrogen-bond acceptors (Lipinski definition) is 4. The van der Waals surface area contributed by atoms with Gasteiger partial charge >= 0.3 is 0 Å². The number of thiophene rings is 1. The lowest BCUT2D eigenvalue weighted by Crippen LogP contribution is -2.17. The monoisotopic (exact) mass is 390 g/mol. The molecule has 0 aliphatic heterocycles. The topological polar surface area (TPSA) is 90.0 Å². The molecule has 0 saturated carbocycles. The zero-order chi connectivity index (χ0) is 19.7. The summed E-state index contributed by atoms with van der Waals surface area (Å²) in [5, 5.41) is 8.44. The van der Waals surface area contributed by atoms with E-state index in [0.717, 1.165) is 21.6 Å². The maximum Gasteiger partial charge on any atom is 0.265 e. The summed E-state index contributed by atoms with van der Waals surface area (Å²) in [6.45, 7) is 1.93. The molecule has 0 aliphatic carbocycles. The molecule has 4 rings (SSSR count). The Kier molecular flexibility index (Phi) is 4.67. The predicted molar refractivity (Wildman–Crippen MR) is 111 cm³/mol. The standard InChI is InChI=1S/C21H18N4O2S/c1-13-16-12-18(28-21(16)25(24-13)15-8-3-2-4-9-15)20(27)23-17-10-6-5-7-14(17)11-19(22)26/h2-10,12H,11H2,1H3,(H2,22,26)(H,23,27). The van der Waals surface area contributed by atoms with Crippen molar-refractivity contribution >= 4 is 39.1 Å². The summed E-state index contributed by atoms with van der Waals surface area (Å²) in [6.07, 6.45) is 0.0743. The molecule has 140 valence electrons. The number of rotatable bonds is 5. The summed E-state index contributed by atoms with van der Waals surface area (Å²) in [5.41, 5.74) is 8.39. The zero-order valence-corrected chi connectivity index (χ0v) is 16.0. The molecule has 0 bridgehead atoms. The number of benzene rings is 2. The van der Waals surface area contributed by atoms with Crippen LogP contribution in [0.15, 0.2) is 60.7 Å². The maximum atomic E-state index is 12.8. The summed E-state index contributed by atoms with van der Waals surface area (Å²) in [4.78, 5) is 25.6. The van der Waals surface area contributed by atoms with Crippen molar-refractivity contribution in [2.24, 2.45) is 5.73 Å². The number of amides is 2. The molecule has 4 aromatic rings. The molecule has 0 radical (unpaired) electrons. The minimum absolute atomic E-state index is 0.0743. The van der Waals surface area contributed by atoms with Crippen LogP contribution >= 0.6 is 11.3 Å². The van der Waals surface area contributed by atoms with E-state index in [0.29, 0.717) is 16.1 Å². The summed E-state index contributed by atoms with van der Waals surface area (Å²) in [5.74, 6) is -0.667. The Labute approximate surface area is 165 Å². The van der Waals surface area contributed by atoms with Gasteiger partial charge in [0.2, 0.25) is 5.91 Å². The van der Waals surface area contributed by atoms with Crippen LogP contribution in [-0.2, 0) is 11.2 Å². The molecular formula is C21H18N4O2S. The number of aromatic nitrogens is 2. The van der Waals surface area contributed by atoms with Gasteiger partial charge in [-0.15, -0.1) is 11.3 Å². The fourth-order valence-corrected chi connectivity index (χ4v) is 4.15. The van der Waals surface area contributed by atoms with Crippen molar-refractivity contribution in [1.82, 2.24) is 9.78 Å². The number of nitrogens with one attached hydrogen (secondary N) is 1. The van der Waals surface area contributed by atoms with Crippen LogP contribution < -0.4 is 11.1 Å². The molecule has 0 fully saturated rings. The number of para-hydroxylation sites is 2. The Hall–Kier alpha value is -3.45. The van der Waals surface area contributed by atoms with Crippen LogP contribution in [0.5, 0.6) is 0 Å². The van der Waals surface area contributed by atoms with E-state index in [1.165, 1.54) is 11.3 Å². The van der Waals surface area contributed by atoms with Gasteiger partial charge in [0, 0.05) is 11.1 Å². The number of aryl methyl sites for hydroxylation is 1. The number of fused-ring (bicyclic) bond motifs is 1. The lowest BCUT2D eigenvalue weighted by atomic mass is 10.1. The third kappa shape index (κ3) is 3.39. The first-order chi connectivity index (χ1) is 13.5. The summed E-state index contributed by atoms with van der Waals surface area (Å²) in [7, 11) is 0. The zero-order valence-electron chi connectivity index (χ0n) is 15.2. The van der Waals surface area contributed by atoms with Crippen molar-refractivity contribution in [3.63, 3.8) is 0 Å². The van der Waals surface area contributed by atoms with Gasteiger partial charge in [-0.1, -0.05) is 36.4 Å². The van der Waals surface area contributed by atoms with Gasteiger partial charge in [0.05, 0.1) is 22.7 Å². The molecule has 0 saturated heterocycles. The van der Waals surface area contributed by atoms with E-state index >= 15 is 0 Å². The van der Waals surface area contributed by atoms with Crippen LogP contribution in [0, 0.1) is 6.92 Å². The average Bonchev–Trinajstić information content (AvgIpc) is 3.24. The molecule has 2 amide bonds. The number of nitrogens with two attached hydrogens (primary N) is 1. The number of primary amides is 1. The second kappa shape index (κ2) is 7.28. The van der Waals surface area contributed by atoms with E-state index in [1.54, 1.807) is 12.1 Å². The fourth-order valence-electron chi connectivity index (χ4n) is 3.07. The van der Waals surface area contributed by atoms with Crippen molar-refractivity contribution in [2.75, 3.05) is 5.32 Å². The predicted octanol–water partition coefficient (Wildman–Crippen LogP) is 3.68. The van der Waals surface area contributed by atoms with E-state index in [2.05, 4.69) is 10.4 Å². The average molecular weight is 390 g/mol. The SMILES string of the molecule is Cc1nn(-c2ccccc2)c2sc(C(=O)Nc3ccccc3CC(N)=O)cc12. The largest absolute Gasteiger partial charge is 0.369 e. The molecule has 0 atom stereocenters. The van der Waals surface area contributed by atoms with E-state index in [-0.39, 0.29) is 12.3 Å². The molecule has 2 aromatic heterocycles. The molecule has 7 heteroatoms. The van der Waals surface area contributed by atoms with Crippen LogP contribution in [0.4, 0.5) is 5.69 Å². The quantitative estimate of drug-likeness (QED) is 0.545. The van der Waals surface area contributed by atoms with E-state index < -0.39 is 5.91 Å². The van der Waals surface area contributed by atoms with E-state index in [1.807, 2.05) is 60.1 Å². The summed E-state index contributed by atoms with van der Waals surface area (Å²) < 4.78 is 1.85. The number of hydrogen-bond donors (Lipinski definition) is 2. The van der Waals surface area contributed by atoms with Gasteiger partial charge in [-0.05, 0) is 36.8 Å². The molecule has 6 nitrogen and oxygen atoms in total. The van der Waals surface area contributed by atoms with Crippen LogP contribution in [0.3, 0.4) is 0 Å². The normalized spacial score (nSPS) is 10.9. The number of nitrogens with zero attached hydrogens (tertiary/aromatic N) is 2. The van der Waals surface area contributed by atoms with Crippen molar-refractivity contribution in [2.45, 2.75) is 13.3 Å². The van der Waals surface area contributed by atoms with Crippen molar-refractivity contribution in [3.05, 3.63) is 76.8 Å². The van der Waals surface area contributed by atoms with Crippen LogP contribution in [0.1, 0.15) is 20.9 Å². The fraction of sp³-hybridized carbons (Fsp3) is 0.0952. The Bertz CT molecular complexity index is 1180. The Morgan fingerprint density at radius 3 is 2.57 bits per heavy atom. The second-order valence-electron chi connectivity index (χ2n) is 6.42. The van der Waals surface area contributed by atoms with Crippen LogP contribution in [0.2, 0.25) is 0 Å². The highest BCUT2D eigenvalue weighted by Gasteiger charge is 2.18. The Morgan fingerprint density at radius 1 is 1.11 bits per heavy atom. The Morgan fingerprint density at radius 2 is 1.82 bits per heavy atom. The van der Waals surface area contributed by atoms with Crippen LogP contribution in [0.25, 0.3) is 15.9 Å². The molecule has 0 spiro atoms. The highest BCUT2D eigenvalue weighted by Crippen LogP contribution is 2.31. The third-order valence-corrected chi connectivity index (χ3v) is 5.51. The highest BCUT2D eigenvalue weighted by molar-refractivity contribution is 7.20. The first kappa shape index (κ1) is 17.9. The smallest absolute Gasteiger partial charge is 0.265 e. The first-order valence-electron chi connectivity index (χ1n) is 8.75. The molecule has 0 unspecified atom stereocenters. The van der Waals surface area contributed by atoms with Gasteiger partial charge < -0.3 is 11.1 Å². The molecular weight excluding hydrogens is 372 g/mol. The molecule has 2 heterocycles. The molecule has 2 aromatic carbocycles. The van der Waals surface area contributed by atoms with E-state index in [9.17, 15) is 9.59 Å². The van der Waals surface area contributed by atoms with Gasteiger partial charge in [0.15, 0.2) is 0 Å². The maximum absolute atomic E-state index is 12.8. The van der Waals surface area contributed by atoms with Gasteiger partial charge in [-0.2, -0.15) is 5.10 Å². The second-order valence-corrected chi connectivity index (χ2v) is 7.45. The number of anilines is 1. The molecule has 3 N–H and O–H groups in total. The van der Waals surface area contributed by atoms with Crippen LogP contribution in [-0.4, -0.2) is 21.6 Å². The van der Waals surface area contributed by atoms with Crippen molar-refractivity contribution in [1.29, 1.82) is 0 Å². The van der Waals surface area contributed by atoms with Crippen molar-refractivity contribution in [3.8, 4) is 5.69 Å². The van der Waals surface area contributed by atoms with Gasteiger partial charge in [0.1, 0.15) is 4.83 Å². The third-order valence-electron chi connectivity index (χ3n) is 4.40.